The Morgan fingerprint density at radius 1 is 1.11 bits per heavy atom. The number of sulfonamides is 1. The minimum absolute atomic E-state index is 0.0434. The maximum atomic E-state index is 13.9. The Morgan fingerprint density at radius 3 is 2.44 bits per heavy atom. The zero-order chi connectivity index (χ0) is 26.0. The highest BCUT2D eigenvalue weighted by molar-refractivity contribution is 7.89. The Bertz CT molecular complexity index is 1430. The molecule has 0 bridgehead atoms. The average molecular weight is 540 g/mol. The first kappa shape index (κ1) is 25.9. The van der Waals surface area contributed by atoms with Crippen molar-refractivity contribution in [3.63, 3.8) is 0 Å². The monoisotopic (exact) mass is 539 g/mol. The van der Waals surface area contributed by atoms with Crippen LogP contribution in [0.5, 0.6) is 0 Å². The highest BCUT2D eigenvalue weighted by Gasteiger charge is 2.36. The maximum Gasteiger partial charge on any atom is 0.248 e. The number of halogens is 4. The van der Waals surface area contributed by atoms with Gasteiger partial charge >= 0.3 is 0 Å². The number of carbonyl (C=O) groups is 1. The highest BCUT2D eigenvalue weighted by atomic mass is 35.5. The molecule has 0 saturated carbocycles. The summed E-state index contributed by atoms with van der Waals surface area (Å²) in [6, 6.07) is 6.63. The van der Waals surface area contributed by atoms with Crippen LogP contribution in [0.25, 0.3) is 12.2 Å². The van der Waals surface area contributed by atoms with E-state index < -0.39 is 33.4 Å². The predicted molar refractivity (Wildman–Crippen MR) is 128 cm³/mol. The fourth-order valence-corrected chi connectivity index (χ4v) is 5.85. The molecule has 1 amide bonds. The molecule has 0 aliphatic carbocycles. The Labute approximate surface area is 210 Å². The summed E-state index contributed by atoms with van der Waals surface area (Å²) in [6.45, 7) is 1.61. The van der Waals surface area contributed by atoms with Gasteiger partial charge in [-0.05, 0) is 62.2 Å². The lowest BCUT2D eigenvalue weighted by molar-refractivity contribution is -0.120. The quantitative estimate of drug-likeness (QED) is 0.461. The van der Waals surface area contributed by atoms with Gasteiger partial charge in [-0.3, -0.25) is 4.79 Å². The van der Waals surface area contributed by atoms with Crippen LogP contribution in [0.4, 0.5) is 18.9 Å². The zero-order valence-electron chi connectivity index (χ0n) is 19.0. The lowest BCUT2D eigenvalue weighted by atomic mass is 9.97. The summed E-state index contributed by atoms with van der Waals surface area (Å²) in [4.78, 5) is 12.5. The van der Waals surface area contributed by atoms with Gasteiger partial charge in [-0.2, -0.15) is 4.31 Å². The van der Waals surface area contributed by atoms with Crippen molar-refractivity contribution in [3.05, 3.63) is 75.9 Å². The van der Waals surface area contributed by atoms with Crippen molar-refractivity contribution in [2.24, 2.45) is 5.92 Å². The third-order valence-corrected chi connectivity index (χ3v) is 8.19. The maximum absolute atomic E-state index is 13.9. The topological polar surface area (TPSA) is 92.5 Å². The van der Waals surface area contributed by atoms with Crippen LogP contribution in [0.1, 0.15) is 29.9 Å². The molecule has 4 rings (SSSR count). The van der Waals surface area contributed by atoms with E-state index >= 15 is 0 Å². The number of rotatable bonds is 6. The van der Waals surface area contributed by atoms with E-state index in [1.54, 1.807) is 0 Å². The molecule has 1 aliphatic heterocycles. The van der Waals surface area contributed by atoms with E-state index in [-0.39, 0.29) is 64.5 Å². The number of aromatic nitrogens is 1. The Morgan fingerprint density at radius 2 is 1.78 bits per heavy atom. The van der Waals surface area contributed by atoms with E-state index in [4.69, 9.17) is 16.1 Å². The second-order valence-electron chi connectivity index (χ2n) is 8.25. The van der Waals surface area contributed by atoms with Crippen LogP contribution in [0.15, 0.2) is 45.8 Å². The van der Waals surface area contributed by atoms with Crippen LogP contribution < -0.4 is 5.32 Å². The molecular formula is C24H21ClF3N3O4S. The van der Waals surface area contributed by atoms with Crippen molar-refractivity contribution < 1.29 is 30.9 Å². The van der Waals surface area contributed by atoms with Crippen LogP contribution in [-0.2, 0) is 14.8 Å². The van der Waals surface area contributed by atoms with Crippen molar-refractivity contribution in [3.8, 4) is 0 Å². The van der Waals surface area contributed by atoms with Gasteiger partial charge in [0.2, 0.25) is 15.9 Å². The molecule has 0 radical (unpaired) electrons. The van der Waals surface area contributed by atoms with E-state index in [0.29, 0.717) is 6.07 Å². The van der Waals surface area contributed by atoms with E-state index in [1.807, 2.05) is 0 Å². The summed E-state index contributed by atoms with van der Waals surface area (Å²) in [5, 5.41) is 6.46. The van der Waals surface area contributed by atoms with Gasteiger partial charge in [0.05, 0.1) is 10.7 Å². The molecule has 190 valence electrons. The second kappa shape index (κ2) is 10.5. The van der Waals surface area contributed by atoms with Crippen LogP contribution in [-0.4, -0.2) is 36.9 Å². The summed E-state index contributed by atoms with van der Waals surface area (Å²) in [5.41, 5.74) is 0.439. The van der Waals surface area contributed by atoms with Crippen LogP contribution in [0.3, 0.4) is 0 Å². The number of amides is 1. The number of carbonyl (C=O) groups excluding carboxylic acids is 1. The molecule has 0 unspecified atom stereocenters. The van der Waals surface area contributed by atoms with Gasteiger partial charge in [0.25, 0.3) is 0 Å². The third-order valence-electron chi connectivity index (χ3n) is 5.82. The Balaban J connectivity index is 1.46. The van der Waals surface area contributed by atoms with Gasteiger partial charge in [0.1, 0.15) is 23.1 Å². The predicted octanol–water partition coefficient (Wildman–Crippen LogP) is 5.26. The van der Waals surface area contributed by atoms with E-state index in [0.717, 1.165) is 12.1 Å². The van der Waals surface area contributed by atoms with Crippen molar-refractivity contribution in [1.29, 1.82) is 0 Å². The van der Waals surface area contributed by atoms with Crippen LogP contribution in [0, 0.1) is 30.3 Å². The van der Waals surface area contributed by atoms with Gasteiger partial charge in [0.15, 0.2) is 10.7 Å². The molecule has 3 aromatic rings. The molecular weight excluding hydrogens is 519 g/mol. The molecule has 2 aromatic carbocycles. The number of hydrogen-bond acceptors (Lipinski definition) is 5. The molecule has 1 saturated heterocycles. The van der Waals surface area contributed by atoms with Gasteiger partial charge < -0.3 is 9.84 Å². The normalized spacial score (nSPS) is 15.5. The number of nitrogens with zero attached hydrogens (tertiary/aromatic N) is 2. The molecule has 1 aliphatic rings. The first-order valence-corrected chi connectivity index (χ1v) is 12.7. The molecule has 1 N–H and O–H groups in total. The fraction of sp³-hybridized carbons (Fsp3) is 0.250. The lowest BCUT2D eigenvalue weighted by Crippen LogP contribution is -2.41. The molecule has 7 nitrogen and oxygen atoms in total. The first-order chi connectivity index (χ1) is 17.1. The number of nitrogens with one attached hydrogen (secondary N) is 1. The molecule has 12 heteroatoms. The standard InChI is InChI=1S/C24H21ClF3N3O4S/c1-14-23(22(35-30-14)7-3-15-2-4-18(27)13-20(15)28)36(33,34)31-10-8-16(9-11-31)24(32)29-21-6-5-17(26)12-19(21)25/h2-7,12-13,16H,8-11H2,1H3,(H,29,32). The SMILES string of the molecule is Cc1noc(C=Cc2ccc(F)cc2F)c1S(=O)(=O)N1CCC(C(=O)Nc2ccc(F)cc2Cl)CC1. The molecule has 1 aromatic heterocycles. The van der Waals surface area contributed by atoms with Crippen molar-refractivity contribution in [1.82, 2.24) is 9.46 Å². The van der Waals surface area contributed by atoms with E-state index in [9.17, 15) is 26.4 Å². The Hall–Kier alpha value is -3.15. The fourth-order valence-electron chi connectivity index (χ4n) is 3.91. The van der Waals surface area contributed by atoms with E-state index in [1.165, 1.54) is 41.6 Å². The smallest absolute Gasteiger partial charge is 0.248 e. The number of aryl methyl sites for hydroxylation is 1. The van der Waals surface area contributed by atoms with Gasteiger partial charge in [0, 0.05) is 30.6 Å². The van der Waals surface area contributed by atoms with Crippen LogP contribution >= 0.6 is 11.6 Å². The minimum Gasteiger partial charge on any atom is -0.355 e. The summed E-state index contributed by atoms with van der Waals surface area (Å²) in [5.74, 6) is -2.98. The van der Waals surface area contributed by atoms with Crippen molar-refractivity contribution >= 4 is 45.4 Å². The Kier molecular flexibility index (Phi) is 7.53. The third kappa shape index (κ3) is 5.48. The van der Waals surface area contributed by atoms with Crippen LogP contribution in [0.2, 0.25) is 5.02 Å². The first-order valence-electron chi connectivity index (χ1n) is 10.9. The molecule has 0 atom stereocenters. The largest absolute Gasteiger partial charge is 0.355 e. The summed E-state index contributed by atoms with van der Waals surface area (Å²) < 4.78 is 73.4. The molecule has 2 heterocycles. The number of hydrogen-bond donors (Lipinski definition) is 1. The van der Waals surface area contributed by atoms with E-state index in [2.05, 4.69) is 10.5 Å². The molecule has 0 spiro atoms. The summed E-state index contributed by atoms with van der Waals surface area (Å²) in [6.07, 6.45) is 3.03. The highest BCUT2D eigenvalue weighted by Crippen LogP contribution is 2.30. The summed E-state index contributed by atoms with van der Waals surface area (Å²) in [7, 11) is -4.04. The van der Waals surface area contributed by atoms with Gasteiger partial charge in [-0.1, -0.05) is 16.8 Å². The van der Waals surface area contributed by atoms with Gasteiger partial charge in [-0.15, -0.1) is 0 Å². The van der Waals surface area contributed by atoms with Crippen molar-refractivity contribution in [2.45, 2.75) is 24.7 Å². The number of piperidine rings is 1. The zero-order valence-corrected chi connectivity index (χ0v) is 20.5. The summed E-state index contributed by atoms with van der Waals surface area (Å²) >= 11 is 5.96. The molecule has 1 fully saturated rings. The molecule has 36 heavy (non-hydrogen) atoms. The lowest BCUT2D eigenvalue weighted by Gasteiger charge is -2.30. The van der Waals surface area contributed by atoms with Gasteiger partial charge in [-0.25, -0.2) is 21.6 Å². The average Bonchev–Trinajstić information content (AvgIpc) is 3.21. The second-order valence-corrected chi connectivity index (χ2v) is 10.5. The number of benzene rings is 2. The number of anilines is 1. The van der Waals surface area contributed by atoms with Crippen molar-refractivity contribution in [2.75, 3.05) is 18.4 Å². The minimum atomic E-state index is -4.04.